The highest BCUT2D eigenvalue weighted by Crippen LogP contribution is 1.91. The second-order valence-corrected chi connectivity index (χ2v) is 3.71. The Hall–Kier alpha value is -0.200. The van der Waals surface area contributed by atoms with Gasteiger partial charge in [0.2, 0.25) is 0 Å². The van der Waals surface area contributed by atoms with E-state index in [4.69, 9.17) is 4.84 Å². The van der Waals surface area contributed by atoms with Gasteiger partial charge < -0.3 is 9.74 Å². The van der Waals surface area contributed by atoms with E-state index in [0.717, 1.165) is 26.2 Å². The summed E-state index contributed by atoms with van der Waals surface area (Å²) in [5.41, 5.74) is 2.67. The van der Waals surface area contributed by atoms with Gasteiger partial charge in [0.15, 0.2) is 0 Å². The maximum atomic E-state index is 5.07. The van der Waals surface area contributed by atoms with Crippen molar-refractivity contribution in [2.75, 3.05) is 61.0 Å². The Morgan fingerprint density at radius 3 is 2.13 bits per heavy atom. The van der Waals surface area contributed by atoms with Crippen molar-refractivity contribution >= 4 is 0 Å². The van der Waals surface area contributed by atoms with E-state index in [-0.39, 0.29) is 0 Å². The smallest absolute Gasteiger partial charge is 0.0823 e. The molecule has 0 bridgehead atoms. The lowest BCUT2D eigenvalue weighted by molar-refractivity contribution is -0.0242. The van der Waals surface area contributed by atoms with E-state index in [1.54, 1.807) is 7.05 Å². The Labute approximate surface area is 93.9 Å². The Kier molecular flexibility index (Phi) is 8.94. The first-order valence-corrected chi connectivity index (χ1v) is 5.51. The molecule has 92 valence electrons. The van der Waals surface area contributed by atoms with Crippen LogP contribution in [-0.2, 0) is 4.84 Å². The highest BCUT2D eigenvalue weighted by molar-refractivity contribution is 4.53. The van der Waals surface area contributed by atoms with Gasteiger partial charge in [0.25, 0.3) is 0 Å². The monoisotopic (exact) mass is 218 g/mol. The zero-order chi connectivity index (χ0) is 11.7. The number of nitrogens with zero attached hydrogens (tertiary/aromatic N) is 3. The van der Waals surface area contributed by atoms with Gasteiger partial charge in [0.1, 0.15) is 0 Å². The second kappa shape index (κ2) is 9.06. The van der Waals surface area contributed by atoms with Gasteiger partial charge >= 0.3 is 0 Å². The molecule has 0 saturated heterocycles. The Morgan fingerprint density at radius 2 is 1.60 bits per heavy atom. The fourth-order valence-electron chi connectivity index (χ4n) is 1.09. The number of rotatable bonds is 9. The Bertz CT molecular complexity index is 145. The molecule has 5 heteroatoms. The first-order valence-electron chi connectivity index (χ1n) is 5.51. The quantitative estimate of drug-likeness (QED) is 0.430. The predicted octanol–water partition coefficient (Wildman–Crippen LogP) is -0.132. The lowest BCUT2D eigenvalue weighted by Gasteiger charge is -2.29. The molecule has 0 aliphatic rings. The van der Waals surface area contributed by atoms with Gasteiger partial charge in [-0.25, -0.2) is 15.5 Å². The first kappa shape index (κ1) is 14.8. The third-order valence-corrected chi connectivity index (χ3v) is 2.59. The SMILES string of the molecule is CCN(C)CCN(C)N(C)CCONC. The molecule has 0 atom stereocenters. The summed E-state index contributed by atoms with van der Waals surface area (Å²) in [6.07, 6.45) is 0. The standard InChI is InChI=1S/C10H26N4O/c1-6-12(3)7-8-13(4)14(5)9-10-15-11-2/h11H,6-10H2,1-5H3. The van der Waals surface area contributed by atoms with Crippen LogP contribution in [0.2, 0.25) is 0 Å². The topological polar surface area (TPSA) is 31.0 Å². The van der Waals surface area contributed by atoms with Crippen LogP contribution >= 0.6 is 0 Å². The van der Waals surface area contributed by atoms with Crippen molar-refractivity contribution in [2.24, 2.45) is 0 Å². The van der Waals surface area contributed by atoms with Gasteiger partial charge in [-0.1, -0.05) is 6.92 Å². The van der Waals surface area contributed by atoms with E-state index in [9.17, 15) is 0 Å². The third-order valence-electron chi connectivity index (χ3n) is 2.59. The minimum absolute atomic E-state index is 0.695. The maximum absolute atomic E-state index is 5.07. The molecular weight excluding hydrogens is 192 g/mol. The Balaban J connectivity index is 3.54. The first-order chi connectivity index (χ1) is 7.11. The zero-order valence-electron chi connectivity index (χ0n) is 10.8. The van der Waals surface area contributed by atoms with E-state index in [2.05, 4.69) is 48.5 Å². The molecule has 0 aromatic heterocycles. The molecule has 0 aliphatic heterocycles. The van der Waals surface area contributed by atoms with Crippen molar-refractivity contribution in [2.45, 2.75) is 6.92 Å². The number of hydrogen-bond acceptors (Lipinski definition) is 5. The molecular formula is C10H26N4O. The maximum Gasteiger partial charge on any atom is 0.0823 e. The molecule has 1 N–H and O–H groups in total. The molecule has 0 aliphatic carbocycles. The molecule has 0 fully saturated rings. The zero-order valence-corrected chi connectivity index (χ0v) is 10.8. The summed E-state index contributed by atoms with van der Waals surface area (Å²) in [5.74, 6) is 0. The molecule has 0 spiro atoms. The fourth-order valence-corrected chi connectivity index (χ4v) is 1.09. The molecule has 0 unspecified atom stereocenters. The normalized spacial score (nSPS) is 12.0. The van der Waals surface area contributed by atoms with Gasteiger partial charge in [-0.15, -0.1) is 0 Å². The van der Waals surface area contributed by atoms with Crippen molar-refractivity contribution in [3.05, 3.63) is 0 Å². The molecule has 0 amide bonds. The molecule has 0 aromatic carbocycles. The molecule has 0 radical (unpaired) electrons. The van der Waals surface area contributed by atoms with E-state index in [1.165, 1.54) is 0 Å². The summed E-state index contributed by atoms with van der Waals surface area (Å²) in [5, 5.41) is 4.38. The highest BCUT2D eigenvalue weighted by atomic mass is 16.6. The van der Waals surface area contributed by atoms with E-state index in [0.29, 0.717) is 6.61 Å². The molecule has 0 saturated carbocycles. The molecule has 5 nitrogen and oxygen atoms in total. The largest absolute Gasteiger partial charge is 0.305 e. The van der Waals surface area contributed by atoms with Crippen molar-refractivity contribution < 1.29 is 4.84 Å². The van der Waals surface area contributed by atoms with Crippen LogP contribution in [0.3, 0.4) is 0 Å². The van der Waals surface area contributed by atoms with Crippen molar-refractivity contribution in [1.82, 2.24) is 20.4 Å². The van der Waals surface area contributed by atoms with Gasteiger partial charge in [-0.05, 0) is 13.6 Å². The number of likely N-dealkylation sites (N-methyl/N-ethyl adjacent to an activating group) is 3. The van der Waals surface area contributed by atoms with Crippen LogP contribution in [0, 0.1) is 0 Å². The van der Waals surface area contributed by atoms with Crippen molar-refractivity contribution in [3.8, 4) is 0 Å². The Morgan fingerprint density at radius 1 is 1.00 bits per heavy atom. The van der Waals surface area contributed by atoms with Crippen LogP contribution in [-0.4, -0.2) is 75.9 Å². The van der Waals surface area contributed by atoms with Gasteiger partial charge in [0, 0.05) is 40.8 Å². The predicted molar refractivity (Wildman–Crippen MR) is 63.4 cm³/mol. The molecule has 0 heterocycles. The van der Waals surface area contributed by atoms with Crippen LogP contribution < -0.4 is 5.48 Å². The lowest BCUT2D eigenvalue weighted by atomic mass is 10.5. The molecule has 15 heavy (non-hydrogen) atoms. The van der Waals surface area contributed by atoms with E-state index in [1.807, 2.05) is 0 Å². The summed E-state index contributed by atoms with van der Waals surface area (Å²) in [7, 11) is 8.09. The van der Waals surface area contributed by atoms with E-state index >= 15 is 0 Å². The average Bonchev–Trinajstić information content (AvgIpc) is 2.25. The van der Waals surface area contributed by atoms with Gasteiger partial charge in [0.05, 0.1) is 6.61 Å². The number of nitrogens with one attached hydrogen (secondary N) is 1. The second-order valence-electron chi connectivity index (χ2n) is 3.71. The summed E-state index contributed by atoms with van der Waals surface area (Å²) < 4.78 is 0. The van der Waals surface area contributed by atoms with Crippen molar-refractivity contribution in [3.63, 3.8) is 0 Å². The molecule has 0 aromatic rings. The van der Waals surface area contributed by atoms with Crippen LogP contribution in [0.25, 0.3) is 0 Å². The minimum Gasteiger partial charge on any atom is -0.305 e. The molecule has 0 rings (SSSR count). The number of hydrogen-bond donors (Lipinski definition) is 1. The number of hydrazine groups is 1. The summed E-state index contributed by atoms with van der Waals surface area (Å²) in [6.45, 7) is 6.99. The van der Waals surface area contributed by atoms with Crippen LogP contribution in [0.1, 0.15) is 6.92 Å². The van der Waals surface area contributed by atoms with Crippen molar-refractivity contribution in [1.29, 1.82) is 0 Å². The summed E-state index contributed by atoms with van der Waals surface area (Å²) in [6, 6.07) is 0. The highest BCUT2D eigenvalue weighted by Gasteiger charge is 2.06. The minimum atomic E-state index is 0.695. The van der Waals surface area contributed by atoms with Crippen LogP contribution in [0.15, 0.2) is 0 Å². The lowest BCUT2D eigenvalue weighted by Crippen LogP contribution is -2.42. The summed E-state index contributed by atoms with van der Waals surface area (Å²) in [4.78, 5) is 7.37. The third kappa shape index (κ3) is 7.70. The van der Waals surface area contributed by atoms with Gasteiger partial charge in [-0.2, -0.15) is 0 Å². The van der Waals surface area contributed by atoms with Crippen LogP contribution in [0.4, 0.5) is 0 Å². The summed E-state index contributed by atoms with van der Waals surface area (Å²) >= 11 is 0. The van der Waals surface area contributed by atoms with Gasteiger partial charge in [-0.3, -0.25) is 0 Å². The fraction of sp³-hybridized carbons (Fsp3) is 1.00. The van der Waals surface area contributed by atoms with E-state index < -0.39 is 0 Å². The average molecular weight is 218 g/mol. The van der Waals surface area contributed by atoms with Crippen LogP contribution in [0.5, 0.6) is 0 Å². The number of hydroxylamine groups is 1.